The monoisotopic (exact) mass is 793 g/mol. The van der Waals surface area contributed by atoms with Crippen molar-refractivity contribution in [3.8, 4) is 28.3 Å². The van der Waals surface area contributed by atoms with Crippen LogP contribution >= 0.6 is 11.3 Å². The van der Waals surface area contributed by atoms with Crippen LogP contribution in [0.2, 0.25) is 0 Å². The molecule has 2 aliphatic heterocycles. The molecule has 2 N–H and O–H groups in total. The minimum absolute atomic E-state index is 0.129. The molecule has 4 heterocycles. The molecule has 0 spiro atoms. The number of thiophene rings is 1. The van der Waals surface area contributed by atoms with Crippen LogP contribution in [-0.4, -0.2) is 86.9 Å². The lowest BCUT2D eigenvalue weighted by molar-refractivity contribution is -0.145. The van der Waals surface area contributed by atoms with Gasteiger partial charge in [0.05, 0.1) is 17.4 Å². The lowest BCUT2D eigenvalue weighted by atomic mass is 9.95. The highest BCUT2D eigenvalue weighted by Crippen LogP contribution is 2.30. The number of hydrogen-bond acceptors (Lipinski definition) is 8. The molecular formula is C45H55N5O6S. The fourth-order valence-corrected chi connectivity index (χ4v) is 8.41. The van der Waals surface area contributed by atoms with Gasteiger partial charge >= 0.3 is 5.97 Å². The highest BCUT2D eigenvalue weighted by molar-refractivity contribution is 7.14. The number of rotatable bonds is 16. The summed E-state index contributed by atoms with van der Waals surface area (Å²) in [4.78, 5) is 67.2. The molecule has 3 atom stereocenters. The van der Waals surface area contributed by atoms with E-state index in [4.69, 9.17) is 4.74 Å². The quantitative estimate of drug-likeness (QED) is 0.110. The van der Waals surface area contributed by atoms with Gasteiger partial charge in [0.25, 0.3) is 5.91 Å². The van der Waals surface area contributed by atoms with Gasteiger partial charge in [-0.25, -0.2) is 9.97 Å². The molecule has 4 aromatic rings. The van der Waals surface area contributed by atoms with E-state index in [0.717, 1.165) is 45.9 Å². The van der Waals surface area contributed by atoms with Gasteiger partial charge in [-0.3, -0.25) is 19.2 Å². The predicted octanol–water partition coefficient (Wildman–Crippen LogP) is 7.78. The lowest BCUT2D eigenvalue weighted by Crippen LogP contribution is -2.54. The van der Waals surface area contributed by atoms with E-state index in [0.29, 0.717) is 43.1 Å². The number of likely N-dealkylation sites (tertiary alicyclic amines) is 2. The van der Waals surface area contributed by atoms with E-state index in [1.54, 1.807) is 28.3 Å². The third-order valence-electron chi connectivity index (χ3n) is 10.9. The fraction of sp³-hybridized carbons (Fsp3) is 0.467. The van der Waals surface area contributed by atoms with Gasteiger partial charge in [0.15, 0.2) is 5.82 Å². The Hall–Kier alpha value is -5.10. The molecule has 0 bridgehead atoms. The Kier molecular flexibility index (Phi) is 13.8. The third-order valence-corrected chi connectivity index (χ3v) is 12.4. The summed E-state index contributed by atoms with van der Waals surface area (Å²) >= 11 is 1.40. The Labute approximate surface area is 339 Å². The summed E-state index contributed by atoms with van der Waals surface area (Å²) in [5.74, 6) is -1.01. The zero-order valence-electron chi connectivity index (χ0n) is 33.5. The average Bonchev–Trinajstić information content (AvgIpc) is 4.01. The molecule has 0 radical (unpaired) electrons. The number of nitrogens with zero attached hydrogens (tertiary/aromatic N) is 4. The standard InChI is InChI=1S/C45H55N5O6S/c1-5-6-7-8-9-25-56-35-18-16-31(17-19-35)34-27-46-40(47-28-34)32-14-12-30(13-15-32)26-36(48-41(51)38-20-21-39(57-38)45(2,3)4)42(52)50-23-10-11-37(50)43(53)49-24-22-33(29-49)44(54)55/h12-21,27-28,33,36-37H,5-11,22-26,29H2,1-4H3,(H,48,51)(H,54,55). The second kappa shape index (κ2) is 18.9. The highest BCUT2D eigenvalue weighted by atomic mass is 32.1. The smallest absolute Gasteiger partial charge is 0.308 e. The van der Waals surface area contributed by atoms with Crippen molar-refractivity contribution >= 4 is 35.0 Å². The van der Waals surface area contributed by atoms with Crippen molar-refractivity contribution in [2.75, 3.05) is 26.2 Å². The van der Waals surface area contributed by atoms with Crippen molar-refractivity contribution in [2.24, 2.45) is 5.92 Å². The summed E-state index contributed by atoms with van der Waals surface area (Å²) in [6.07, 6.45) is 11.3. The van der Waals surface area contributed by atoms with Crippen LogP contribution in [0.3, 0.4) is 0 Å². The van der Waals surface area contributed by atoms with Crippen LogP contribution < -0.4 is 10.1 Å². The molecule has 11 nitrogen and oxygen atoms in total. The van der Waals surface area contributed by atoms with Crippen molar-refractivity contribution in [3.63, 3.8) is 0 Å². The molecule has 0 saturated carbocycles. The minimum atomic E-state index is -0.930. The molecule has 0 aliphatic carbocycles. The number of aromatic nitrogens is 2. The summed E-state index contributed by atoms with van der Waals surface area (Å²) in [6, 6.07) is 17.7. The maximum absolute atomic E-state index is 14.4. The maximum atomic E-state index is 14.4. The zero-order valence-corrected chi connectivity index (χ0v) is 34.4. The van der Waals surface area contributed by atoms with Gasteiger partial charge in [-0.1, -0.05) is 89.8 Å². The van der Waals surface area contributed by atoms with Crippen LogP contribution in [0.5, 0.6) is 5.75 Å². The summed E-state index contributed by atoms with van der Waals surface area (Å²) < 4.78 is 5.92. The number of amides is 3. The van der Waals surface area contributed by atoms with E-state index in [9.17, 15) is 24.3 Å². The number of hydrogen-bond donors (Lipinski definition) is 2. The Morgan fingerprint density at radius 2 is 1.58 bits per heavy atom. The van der Waals surface area contributed by atoms with Gasteiger partial charge in [0.2, 0.25) is 11.8 Å². The molecule has 2 aromatic heterocycles. The first-order valence-electron chi connectivity index (χ1n) is 20.3. The number of aliphatic carboxylic acids is 1. The number of carboxylic acids is 1. The molecule has 302 valence electrons. The van der Waals surface area contributed by atoms with E-state index in [-0.39, 0.29) is 36.1 Å². The fourth-order valence-electron chi connectivity index (χ4n) is 7.44. The Morgan fingerprint density at radius 1 is 0.877 bits per heavy atom. The molecule has 3 amide bonds. The van der Waals surface area contributed by atoms with Crippen LogP contribution in [0.25, 0.3) is 22.5 Å². The van der Waals surface area contributed by atoms with Crippen molar-refractivity contribution in [2.45, 2.75) is 103 Å². The van der Waals surface area contributed by atoms with Gasteiger partial charge < -0.3 is 25.0 Å². The van der Waals surface area contributed by atoms with E-state index < -0.39 is 24.0 Å². The van der Waals surface area contributed by atoms with Crippen LogP contribution in [0.15, 0.2) is 73.1 Å². The molecule has 2 saturated heterocycles. The maximum Gasteiger partial charge on any atom is 0.308 e. The average molecular weight is 794 g/mol. The van der Waals surface area contributed by atoms with Crippen molar-refractivity contribution in [1.29, 1.82) is 0 Å². The summed E-state index contributed by atoms with van der Waals surface area (Å²) in [5, 5.41) is 12.5. The molecule has 12 heteroatoms. The number of unbranched alkanes of at least 4 members (excludes halogenated alkanes) is 4. The third kappa shape index (κ3) is 10.7. The SMILES string of the molecule is CCCCCCCOc1ccc(-c2cnc(-c3ccc(CC(NC(=O)c4ccc(C(C)(C)C)s4)C(=O)N4CCCC4C(=O)N4CCC(C(=O)O)C4)cc3)nc2)cc1. The van der Waals surface area contributed by atoms with Crippen LogP contribution in [-0.2, 0) is 26.2 Å². The lowest BCUT2D eigenvalue weighted by Gasteiger charge is -2.31. The molecule has 6 rings (SSSR count). The van der Waals surface area contributed by atoms with E-state index in [2.05, 4.69) is 43.0 Å². The van der Waals surface area contributed by atoms with Crippen LogP contribution in [0, 0.1) is 5.92 Å². The first kappa shape index (κ1) is 41.5. The Morgan fingerprint density at radius 3 is 2.23 bits per heavy atom. The van der Waals surface area contributed by atoms with Crippen molar-refractivity contribution in [3.05, 3.63) is 88.4 Å². The van der Waals surface area contributed by atoms with Crippen LogP contribution in [0.4, 0.5) is 0 Å². The summed E-state index contributed by atoms with van der Waals surface area (Å²) in [7, 11) is 0. The second-order valence-electron chi connectivity index (χ2n) is 16.2. The molecule has 2 aliphatic rings. The van der Waals surface area contributed by atoms with E-state index in [1.165, 1.54) is 37.0 Å². The molecule has 3 unspecified atom stereocenters. The van der Waals surface area contributed by atoms with E-state index in [1.807, 2.05) is 54.6 Å². The topological polar surface area (TPSA) is 142 Å². The van der Waals surface area contributed by atoms with Crippen LogP contribution in [0.1, 0.15) is 99.2 Å². The van der Waals surface area contributed by atoms with Gasteiger partial charge in [-0.15, -0.1) is 11.3 Å². The number of carbonyl (C=O) groups is 4. The van der Waals surface area contributed by atoms with Gasteiger partial charge in [-0.2, -0.15) is 0 Å². The van der Waals surface area contributed by atoms with Gasteiger partial charge in [0.1, 0.15) is 17.8 Å². The number of nitrogens with one attached hydrogen (secondary N) is 1. The van der Waals surface area contributed by atoms with Gasteiger partial charge in [0, 0.05) is 54.5 Å². The second-order valence-corrected chi connectivity index (χ2v) is 17.3. The number of benzene rings is 2. The van der Waals surface area contributed by atoms with Crippen molar-refractivity contribution < 1.29 is 29.0 Å². The first-order chi connectivity index (χ1) is 27.4. The van der Waals surface area contributed by atoms with Crippen molar-refractivity contribution in [1.82, 2.24) is 25.1 Å². The molecule has 2 aromatic carbocycles. The predicted molar refractivity (Wildman–Crippen MR) is 222 cm³/mol. The summed E-state index contributed by atoms with van der Waals surface area (Å²) in [5.41, 5.74) is 3.39. The number of carboxylic acid groups (broad SMARTS) is 1. The Balaban J connectivity index is 1.13. The highest BCUT2D eigenvalue weighted by Gasteiger charge is 2.42. The molecule has 2 fully saturated rings. The number of ether oxygens (including phenoxy) is 1. The molecule has 57 heavy (non-hydrogen) atoms. The first-order valence-corrected chi connectivity index (χ1v) is 21.1. The number of carbonyl (C=O) groups excluding carboxylic acids is 3. The molecular weight excluding hydrogens is 739 g/mol. The van der Waals surface area contributed by atoms with E-state index >= 15 is 0 Å². The largest absolute Gasteiger partial charge is 0.494 e. The van der Waals surface area contributed by atoms with Gasteiger partial charge in [-0.05, 0) is 66.5 Å². The summed E-state index contributed by atoms with van der Waals surface area (Å²) in [6.45, 7) is 10.1. The zero-order chi connectivity index (χ0) is 40.5. The minimum Gasteiger partial charge on any atom is -0.494 e. The Bertz CT molecular complexity index is 1990. The normalized spacial score (nSPS) is 17.4.